The van der Waals surface area contributed by atoms with Crippen molar-refractivity contribution in [2.24, 2.45) is 5.73 Å². The van der Waals surface area contributed by atoms with Crippen molar-refractivity contribution in [2.45, 2.75) is 6.92 Å². The molecule has 3 aromatic rings. The highest BCUT2D eigenvalue weighted by Crippen LogP contribution is 2.11. The lowest BCUT2D eigenvalue weighted by Crippen LogP contribution is -2.25. The maximum Gasteiger partial charge on any atom is 0.270 e. The van der Waals surface area contributed by atoms with Gasteiger partial charge in [-0.15, -0.1) is 0 Å². The molecule has 124 valence electrons. The van der Waals surface area contributed by atoms with Gasteiger partial charge in [0.25, 0.3) is 5.91 Å². The predicted molar refractivity (Wildman–Crippen MR) is 94.1 cm³/mol. The van der Waals surface area contributed by atoms with Gasteiger partial charge in [0.05, 0.1) is 12.2 Å². The van der Waals surface area contributed by atoms with Crippen LogP contribution in [0.2, 0.25) is 0 Å². The van der Waals surface area contributed by atoms with Crippen molar-refractivity contribution >= 4 is 17.5 Å². The Kier molecular flexibility index (Phi) is 4.48. The van der Waals surface area contributed by atoms with E-state index < -0.39 is 5.91 Å². The highest BCUT2D eigenvalue weighted by atomic mass is 16.2. The molecule has 0 unspecified atom stereocenters. The number of amides is 2. The summed E-state index contributed by atoms with van der Waals surface area (Å²) < 4.78 is 1.75. The maximum atomic E-state index is 12.4. The standard InChI is InChI=1S/C19H16N4O2/c1-13-17(23-12-3-2-6-16(23)22-13)19(25)21-11-4-5-14-7-9-15(10-8-14)18(20)24/h2-3,6-10,12H,11H2,1H3,(H2,20,24)(H,21,25). The molecule has 0 atom stereocenters. The molecule has 2 amide bonds. The number of fused-ring (bicyclic) bond motifs is 1. The Bertz CT molecular complexity index is 1010. The van der Waals surface area contributed by atoms with Crippen LogP contribution in [0.15, 0.2) is 48.7 Å². The second-order valence-corrected chi connectivity index (χ2v) is 5.40. The average Bonchev–Trinajstić information content (AvgIpc) is 2.94. The van der Waals surface area contributed by atoms with Crippen LogP contribution < -0.4 is 11.1 Å². The van der Waals surface area contributed by atoms with Crippen LogP contribution in [0.5, 0.6) is 0 Å². The molecule has 1 aromatic carbocycles. The van der Waals surface area contributed by atoms with Crippen LogP contribution in [-0.2, 0) is 0 Å². The normalized spacial score (nSPS) is 10.1. The molecule has 25 heavy (non-hydrogen) atoms. The lowest BCUT2D eigenvalue weighted by Gasteiger charge is -2.02. The third kappa shape index (κ3) is 3.51. The Morgan fingerprint density at radius 2 is 1.96 bits per heavy atom. The number of aryl methyl sites for hydroxylation is 1. The molecule has 2 aromatic heterocycles. The molecule has 3 N–H and O–H groups in total. The molecular weight excluding hydrogens is 316 g/mol. The van der Waals surface area contributed by atoms with Gasteiger partial charge in [0.1, 0.15) is 11.3 Å². The maximum absolute atomic E-state index is 12.4. The molecule has 0 saturated heterocycles. The van der Waals surface area contributed by atoms with Crippen molar-refractivity contribution in [1.82, 2.24) is 14.7 Å². The zero-order valence-corrected chi connectivity index (χ0v) is 13.6. The van der Waals surface area contributed by atoms with E-state index in [0.717, 1.165) is 11.2 Å². The number of benzene rings is 1. The molecule has 0 aliphatic heterocycles. The summed E-state index contributed by atoms with van der Waals surface area (Å²) in [5.74, 6) is 5.10. The number of nitrogens with one attached hydrogen (secondary N) is 1. The zero-order valence-electron chi connectivity index (χ0n) is 13.6. The van der Waals surface area contributed by atoms with Crippen LogP contribution in [0.4, 0.5) is 0 Å². The predicted octanol–water partition coefficient (Wildman–Crippen LogP) is 1.52. The Morgan fingerprint density at radius 3 is 2.68 bits per heavy atom. The number of nitrogens with two attached hydrogens (primary N) is 1. The minimum Gasteiger partial charge on any atom is -0.366 e. The smallest absolute Gasteiger partial charge is 0.270 e. The number of carbonyl (C=O) groups excluding carboxylic acids is 2. The molecule has 0 radical (unpaired) electrons. The third-order valence-electron chi connectivity index (χ3n) is 3.66. The van der Waals surface area contributed by atoms with E-state index in [1.54, 1.807) is 41.8 Å². The Balaban J connectivity index is 1.67. The Morgan fingerprint density at radius 1 is 1.20 bits per heavy atom. The van der Waals surface area contributed by atoms with E-state index in [1.807, 2.05) is 18.2 Å². The molecule has 6 heteroatoms. The summed E-state index contributed by atoms with van der Waals surface area (Å²) >= 11 is 0. The van der Waals surface area contributed by atoms with Gasteiger partial charge in [0, 0.05) is 17.3 Å². The minimum absolute atomic E-state index is 0.204. The fourth-order valence-electron chi connectivity index (χ4n) is 2.46. The number of hydrogen-bond donors (Lipinski definition) is 2. The van der Waals surface area contributed by atoms with E-state index in [9.17, 15) is 9.59 Å². The van der Waals surface area contributed by atoms with Gasteiger partial charge in [-0.2, -0.15) is 0 Å². The topological polar surface area (TPSA) is 89.5 Å². The summed E-state index contributed by atoms with van der Waals surface area (Å²) in [6.45, 7) is 2.00. The van der Waals surface area contributed by atoms with Gasteiger partial charge >= 0.3 is 0 Å². The number of imidazole rings is 1. The van der Waals surface area contributed by atoms with Gasteiger partial charge in [0.2, 0.25) is 5.91 Å². The van der Waals surface area contributed by atoms with E-state index in [4.69, 9.17) is 5.73 Å². The molecule has 0 spiro atoms. The highest BCUT2D eigenvalue weighted by molar-refractivity contribution is 5.95. The van der Waals surface area contributed by atoms with Gasteiger partial charge in [-0.3, -0.25) is 14.0 Å². The second kappa shape index (κ2) is 6.89. The molecule has 2 heterocycles. The van der Waals surface area contributed by atoms with Gasteiger partial charge in [-0.05, 0) is 43.3 Å². The summed E-state index contributed by atoms with van der Waals surface area (Å²) in [6.07, 6.45) is 1.80. The number of pyridine rings is 1. The van der Waals surface area contributed by atoms with Crippen LogP contribution in [0.3, 0.4) is 0 Å². The van der Waals surface area contributed by atoms with E-state index >= 15 is 0 Å². The monoisotopic (exact) mass is 332 g/mol. The van der Waals surface area contributed by atoms with Crippen molar-refractivity contribution in [2.75, 3.05) is 6.54 Å². The first-order chi connectivity index (χ1) is 12.1. The first kappa shape index (κ1) is 16.3. The summed E-state index contributed by atoms with van der Waals surface area (Å²) in [5, 5.41) is 2.77. The first-order valence-corrected chi connectivity index (χ1v) is 7.67. The minimum atomic E-state index is -0.477. The van der Waals surface area contributed by atoms with E-state index in [-0.39, 0.29) is 12.5 Å². The number of carbonyl (C=O) groups is 2. The number of aromatic nitrogens is 2. The van der Waals surface area contributed by atoms with Gasteiger partial charge < -0.3 is 11.1 Å². The van der Waals surface area contributed by atoms with Crippen molar-refractivity contribution in [3.05, 3.63) is 71.2 Å². The van der Waals surface area contributed by atoms with Gasteiger partial charge in [-0.1, -0.05) is 17.9 Å². The van der Waals surface area contributed by atoms with Gasteiger partial charge in [-0.25, -0.2) is 4.98 Å². The van der Waals surface area contributed by atoms with E-state index in [2.05, 4.69) is 22.1 Å². The van der Waals surface area contributed by atoms with E-state index in [0.29, 0.717) is 17.0 Å². The SMILES string of the molecule is Cc1nc2ccccn2c1C(=O)NCC#Cc1ccc(C(N)=O)cc1. The quantitative estimate of drug-likeness (QED) is 0.713. The number of hydrogen-bond acceptors (Lipinski definition) is 3. The third-order valence-corrected chi connectivity index (χ3v) is 3.66. The number of nitrogens with zero attached hydrogens (tertiary/aromatic N) is 2. The number of primary amides is 1. The Hall–Kier alpha value is -3.59. The van der Waals surface area contributed by atoms with Crippen LogP contribution >= 0.6 is 0 Å². The van der Waals surface area contributed by atoms with Crippen LogP contribution in [0.25, 0.3) is 5.65 Å². The number of rotatable bonds is 3. The molecule has 0 fully saturated rings. The summed E-state index contributed by atoms with van der Waals surface area (Å²) in [5.41, 5.74) is 8.26. The van der Waals surface area contributed by atoms with E-state index in [1.165, 1.54) is 0 Å². The van der Waals surface area contributed by atoms with Crippen molar-refractivity contribution in [1.29, 1.82) is 0 Å². The summed E-state index contributed by atoms with van der Waals surface area (Å²) in [7, 11) is 0. The zero-order chi connectivity index (χ0) is 17.8. The Labute approximate surface area is 144 Å². The van der Waals surface area contributed by atoms with Gasteiger partial charge in [0.15, 0.2) is 0 Å². The van der Waals surface area contributed by atoms with Crippen molar-refractivity contribution < 1.29 is 9.59 Å². The first-order valence-electron chi connectivity index (χ1n) is 7.67. The molecular formula is C19H16N4O2. The lowest BCUT2D eigenvalue weighted by molar-refractivity contribution is 0.0951. The van der Waals surface area contributed by atoms with Crippen LogP contribution in [0, 0.1) is 18.8 Å². The summed E-state index contributed by atoms with van der Waals surface area (Å²) in [6, 6.07) is 12.2. The van der Waals surface area contributed by atoms with Crippen LogP contribution in [0.1, 0.15) is 32.1 Å². The fourth-order valence-corrected chi connectivity index (χ4v) is 2.46. The van der Waals surface area contributed by atoms with Crippen LogP contribution in [-0.4, -0.2) is 27.7 Å². The molecule has 3 rings (SSSR count). The van der Waals surface area contributed by atoms with Crippen molar-refractivity contribution in [3.63, 3.8) is 0 Å². The molecule has 0 saturated carbocycles. The molecule has 0 bridgehead atoms. The fraction of sp³-hybridized carbons (Fsp3) is 0.105. The van der Waals surface area contributed by atoms with Crippen molar-refractivity contribution in [3.8, 4) is 11.8 Å². The highest BCUT2D eigenvalue weighted by Gasteiger charge is 2.15. The second-order valence-electron chi connectivity index (χ2n) is 5.40. The largest absolute Gasteiger partial charge is 0.366 e. The molecule has 0 aliphatic rings. The molecule has 0 aliphatic carbocycles. The summed E-state index contributed by atoms with van der Waals surface area (Å²) in [4.78, 5) is 27.8. The molecule has 6 nitrogen and oxygen atoms in total. The lowest BCUT2D eigenvalue weighted by atomic mass is 10.1. The average molecular weight is 332 g/mol.